The lowest BCUT2D eigenvalue weighted by atomic mass is 10.1. The maximum absolute atomic E-state index is 5.88. The molecule has 0 saturated carbocycles. The first-order valence-electron chi connectivity index (χ1n) is 6.36. The molecule has 1 aliphatic rings. The van der Waals surface area contributed by atoms with Gasteiger partial charge in [-0.15, -0.1) is 11.3 Å². The van der Waals surface area contributed by atoms with Crippen molar-refractivity contribution in [1.82, 2.24) is 9.88 Å². The van der Waals surface area contributed by atoms with Crippen LogP contribution in [0.1, 0.15) is 17.7 Å². The second kappa shape index (κ2) is 5.08. The first-order valence-corrected chi connectivity index (χ1v) is 7.17. The van der Waals surface area contributed by atoms with Gasteiger partial charge >= 0.3 is 0 Å². The summed E-state index contributed by atoms with van der Waals surface area (Å²) in [7, 11) is 0. The van der Waals surface area contributed by atoms with Gasteiger partial charge in [-0.1, -0.05) is 30.3 Å². The molecule has 1 aliphatic heterocycles. The highest BCUT2D eigenvalue weighted by molar-refractivity contribution is 7.15. The molecule has 0 amide bonds. The van der Waals surface area contributed by atoms with E-state index in [-0.39, 0.29) is 0 Å². The molecule has 1 fully saturated rings. The molecule has 0 aliphatic carbocycles. The number of benzene rings is 1. The lowest BCUT2D eigenvalue weighted by Gasteiger charge is -2.13. The fraction of sp³-hybridized carbons (Fsp3) is 0.357. The highest BCUT2D eigenvalue weighted by atomic mass is 32.1. The maximum Gasteiger partial charge on any atom is 0.180 e. The number of nitrogens with zero attached hydrogens (tertiary/aromatic N) is 2. The zero-order valence-corrected chi connectivity index (χ0v) is 11.1. The lowest BCUT2D eigenvalue weighted by molar-refractivity contribution is 0.334. The summed E-state index contributed by atoms with van der Waals surface area (Å²) in [5.41, 5.74) is 8.11. The Morgan fingerprint density at radius 3 is 2.61 bits per heavy atom. The van der Waals surface area contributed by atoms with Gasteiger partial charge in [-0.05, 0) is 25.9 Å². The molecule has 0 unspecified atom stereocenters. The van der Waals surface area contributed by atoms with Gasteiger partial charge in [0.2, 0.25) is 0 Å². The summed E-state index contributed by atoms with van der Waals surface area (Å²) in [6, 6.07) is 10.3. The smallest absolute Gasteiger partial charge is 0.180 e. The lowest BCUT2D eigenvalue weighted by Crippen LogP contribution is -2.18. The molecule has 0 atom stereocenters. The molecule has 2 heterocycles. The fourth-order valence-corrected chi connectivity index (χ4v) is 3.34. The van der Waals surface area contributed by atoms with Crippen LogP contribution in [0.15, 0.2) is 30.3 Å². The van der Waals surface area contributed by atoms with Gasteiger partial charge < -0.3 is 5.73 Å². The highest BCUT2D eigenvalue weighted by Gasteiger charge is 2.17. The second-order valence-electron chi connectivity index (χ2n) is 4.67. The first kappa shape index (κ1) is 11.7. The van der Waals surface area contributed by atoms with Crippen molar-refractivity contribution in [1.29, 1.82) is 0 Å². The van der Waals surface area contributed by atoms with Crippen molar-refractivity contribution in [2.75, 3.05) is 18.8 Å². The van der Waals surface area contributed by atoms with E-state index in [0.717, 1.165) is 12.2 Å². The predicted octanol–water partition coefficient (Wildman–Crippen LogP) is 2.99. The summed E-state index contributed by atoms with van der Waals surface area (Å²) in [6.07, 6.45) is 2.63. The molecular formula is C14H17N3S. The van der Waals surface area contributed by atoms with Gasteiger partial charge in [0.05, 0.1) is 5.69 Å². The molecule has 0 spiro atoms. The topological polar surface area (TPSA) is 42.1 Å². The molecule has 1 saturated heterocycles. The Balaban J connectivity index is 1.89. The Morgan fingerprint density at radius 2 is 1.89 bits per heavy atom. The van der Waals surface area contributed by atoms with Gasteiger partial charge in [0.15, 0.2) is 5.13 Å². The minimum Gasteiger partial charge on any atom is -0.375 e. The largest absolute Gasteiger partial charge is 0.375 e. The van der Waals surface area contributed by atoms with Crippen LogP contribution in [0.2, 0.25) is 0 Å². The van der Waals surface area contributed by atoms with Crippen LogP contribution in [0, 0.1) is 0 Å². The third kappa shape index (κ3) is 2.40. The Kier molecular flexibility index (Phi) is 3.30. The molecule has 4 heteroatoms. The number of aromatic nitrogens is 1. The Morgan fingerprint density at radius 1 is 1.17 bits per heavy atom. The first-order chi connectivity index (χ1) is 8.83. The third-order valence-electron chi connectivity index (χ3n) is 3.33. The maximum atomic E-state index is 5.88. The summed E-state index contributed by atoms with van der Waals surface area (Å²) in [5, 5.41) is 0.669. The van der Waals surface area contributed by atoms with Gasteiger partial charge in [-0.25, -0.2) is 4.98 Å². The van der Waals surface area contributed by atoms with Gasteiger partial charge in [-0.2, -0.15) is 0 Å². The van der Waals surface area contributed by atoms with Crippen LogP contribution >= 0.6 is 11.3 Å². The average molecular weight is 259 g/mol. The van der Waals surface area contributed by atoms with E-state index in [9.17, 15) is 0 Å². The fourth-order valence-electron chi connectivity index (χ4n) is 2.44. The van der Waals surface area contributed by atoms with E-state index < -0.39 is 0 Å². The van der Waals surface area contributed by atoms with E-state index in [1.807, 2.05) is 18.2 Å². The number of anilines is 1. The Hall–Kier alpha value is -1.39. The molecule has 1 aromatic carbocycles. The highest BCUT2D eigenvalue weighted by Crippen LogP contribution is 2.31. The van der Waals surface area contributed by atoms with Gasteiger partial charge in [-0.3, -0.25) is 4.90 Å². The normalized spacial score (nSPS) is 16.2. The average Bonchev–Trinajstić information content (AvgIpc) is 3.01. The molecule has 94 valence electrons. The molecule has 18 heavy (non-hydrogen) atoms. The van der Waals surface area contributed by atoms with Crippen molar-refractivity contribution >= 4 is 16.5 Å². The van der Waals surface area contributed by atoms with Crippen molar-refractivity contribution in [2.24, 2.45) is 0 Å². The van der Waals surface area contributed by atoms with Crippen molar-refractivity contribution in [3.05, 3.63) is 35.2 Å². The van der Waals surface area contributed by atoms with Crippen molar-refractivity contribution in [3.8, 4) is 11.3 Å². The van der Waals surface area contributed by atoms with Gasteiger partial charge in [0, 0.05) is 17.0 Å². The Bertz CT molecular complexity index is 515. The number of rotatable bonds is 3. The molecule has 3 rings (SSSR count). The minimum atomic E-state index is 0.669. The second-order valence-corrected chi connectivity index (χ2v) is 5.79. The van der Waals surface area contributed by atoms with E-state index in [0.29, 0.717) is 5.13 Å². The molecule has 2 N–H and O–H groups in total. The number of likely N-dealkylation sites (tertiary alicyclic amines) is 1. The minimum absolute atomic E-state index is 0.669. The van der Waals surface area contributed by atoms with Crippen molar-refractivity contribution in [3.63, 3.8) is 0 Å². The summed E-state index contributed by atoms with van der Waals surface area (Å²) in [6.45, 7) is 3.39. The zero-order valence-electron chi connectivity index (χ0n) is 10.3. The number of nitrogens with two attached hydrogens (primary N) is 1. The van der Waals surface area contributed by atoms with E-state index in [1.165, 1.54) is 36.4 Å². The summed E-state index contributed by atoms with van der Waals surface area (Å²) >= 11 is 1.62. The summed E-state index contributed by atoms with van der Waals surface area (Å²) < 4.78 is 0. The zero-order chi connectivity index (χ0) is 12.4. The van der Waals surface area contributed by atoms with Crippen LogP contribution in [0.25, 0.3) is 11.3 Å². The molecule has 3 nitrogen and oxygen atoms in total. The third-order valence-corrected chi connectivity index (χ3v) is 4.20. The van der Waals surface area contributed by atoms with Gasteiger partial charge in [0.1, 0.15) is 0 Å². The van der Waals surface area contributed by atoms with Crippen molar-refractivity contribution in [2.45, 2.75) is 19.4 Å². The van der Waals surface area contributed by atoms with Crippen LogP contribution in [-0.2, 0) is 6.54 Å². The Labute approximate surface area is 111 Å². The molecule has 0 bridgehead atoms. The van der Waals surface area contributed by atoms with Crippen LogP contribution in [0.5, 0.6) is 0 Å². The number of thiazole rings is 1. The SMILES string of the molecule is Nc1nc(-c2ccccc2)c(CN2CCCC2)s1. The summed E-state index contributed by atoms with van der Waals surface area (Å²) in [4.78, 5) is 8.27. The van der Waals surface area contributed by atoms with Crippen LogP contribution in [-0.4, -0.2) is 23.0 Å². The van der Waals surface area contributed by atoms with Crippen molar-refractivity contribution < 1.29 is 0 Å². The quantitative estimate of drug-likeness (QED) is 0.921. The van der Waals surface area contributed by atoms with E-state index in [2.05, 4.69) is 22.0 Å². The number of hydrogen-bond donors (Lipinski definition) is 1. The van der Waals surface area contributed by atoms with E-state index in [1.54, 1.807) is 11.3 Å². The van der Waals surface area contributed by atoms with E-state index in [4.69, 9.17) is 5.73 Å². The number of hydrogen-bond acceptors (Lipinski definition) is 4. The standard InChI is InChI=1S/C14H17N3S/c15-14-16-13(11-6-2-1-3-7-11)12(18-14)10-17-8-4-5-9-17/h1-3,6-7H,4-5,8-10H2,(H2,15,16). The predicted molar refractivity (Wildman–Crippen MR) is 76.5 cm³/mol. The molecule has 2 aromatic rings. The van der Waals surface area contributed by atoms with Crippen LogP contribution < -0.4 is 5.73 Å². The van der Waals surface area contributed by atoms with Gasteiger partial charge in [0.25, 0.3) is 0 Å². The van der Waals surface area contributed by atoms with Crippen LogP contribution in [0.3, 0.4) is 0 Å². The van der Waals surface area contributed by atoms with Crippen LogP contribution in [0.4, 0.5) is 5.13 Å². The number of nitrogen functional groups attached to an aromatic ring is 1. The van der Waals surface area contributed by atoms with E-state index >= 15 is 0 Å². The molecular weight excluding hydrogens is 242 g/mol. The monoisotopic (exact) mass is 259 g/mol. The molecule has 0 radical (unpaired) electrons. The molecule has 1 aromatic heterocycles. The summed E-state index contributed by atoms with van der Waals surface area (Å²) in [5.74, 6) is 0.